The number of nitrogens with two attached hydrogens (primary N) is 1. The third-order valence-corrected chi connectivity index (χ3v) is 5.39. The van der Waals surface area contributed by atoms with Crippen LogP contribution in [-0.2, 0) is 18.4 Å². The zero-order valence-electron chi connectivity index (χ0n) is 9.80. The van der Waals surface area contributed by atoms with Crippen molar-refractivity contribution < 1.29 is 0 Å². The van der Waals surface area contributed by atoms with E-state index in [2.05, 4.69) is 0 Å². The van der Waals surface area contributed by atoms with Crippen LogP contribution in [0.25, 0.3) is 0 Å². The average Bonchev–Trinajstić information content (AvgIpc) is 2.82. The molecule has 2 aliphatic carbocycles. The van der Waals surface area contributed by atoms with E-state index in [1.54, 1.807) is 0 Å². The smallest absolute Gasteiger partial charge is 0.113 e. The summed E-state index contributed by atoms with van der Waals surface area (Å²) in [6.45, 7) is 0. The lowest BCUT2D eigenvalue weighted by Gasteiger charge is -2.20. The van der Waals surface area contributed by atoms with Crippen LogP contribution < -0.4 is 5.73 Å². The van der Waals surface area contributed by atoms with Crippen LogP contribution in [0, 0.1) is 0 Å². The highest BCUT2D eigenvalue weighted by Crippen LogP contribution is 2.40. The Kier molecular flexibility index (Phi) is 2.76. The summed E-state index contributed by atoms with van der Waals surface area (Å²) in [5.41, 5.74) is 7.78. The van der Waals surface area contributed by atoms with Crippen molar-refractivity contribution in [2.75, 3.05) is 0 Å². The van der Waals surface area contributed by atoms with Crippen molar-refractivity contribution in [3.8, 4) is 0 Å². The van der Waals surface area contributed by atoms with E-state index in [0.29, 0.717) is 0 Å². The molecule has 0 bridgehead atoms. The Balaban J connectivity index is 1.91. The van der Waals surface area contributed by atoms with Gasteiger partial charge in [-0.15, -0.1) is 11.3 Å². The number of fused-ring (bicyclic) bond motifs is 1. The second-order valence-corrected chi connectivity index (χ2v) is 6.40. The van der Waals surface area contributed by atoms with Crippen molar-refractivity contribution in [1.82, 2.24) is 4.98 Å². The largest absolute Gasteiger partial charge is 0.319 e. The first kappa shape index (κ1) is 10.7. The fourth-order valence-electron chi connectivity index (χ4n) is 2.96. The molecular formula is C13H20N2S. The Bertz CT molecular complexity index is 354. The van der Waals surface area contributed by atoms with E-state index in [-0.39, 0.29) is 5.54 Å². The van der Waals surface area contributed by atoms with Gasteiger partial charge < -0.3 is 5.73 Å². The van der Waals surface area contributed by atoms with Crippen molar-refractivity contribution in [2.45, 2.75) is 63.3 Å². The Morgan fingerprint density at radius 1 is 1.00 bits per heavy atom. The maximum absolute atomic E-state index is 6.48. The second-order valence-electron chi connectivity index (χ2n) is 5.31. The number of aromatic nitrogens is 1. The first-order valence-electron chi connectivity index (χ1n) is 6.56. The maximum atomic E-state index is 6.48. The summed E-state index contributed by atoms with van der Waals surface area (Å²) in [7, 11) is 0. The van der Waals surface area contributed by atoms with Gasteiger partial charge in [0.2, 0.25) is 0 Å². The highest BCUT2D eigenvalue weighted by molar-refractivity contribution is 7.11. The van der Waals surface area contributed by atoms with Gasteiger partial charge in [0.05, 0.1) is 11.2 Å². The molecule has 0 amide bonds. The van der Waals surface area contributed by atoms with Crippen LogP contribution in [0.2, 0.25) is 0 Å². The van der Waals surface area contributed by atoms with Crippen LogP contribution in [-0.4, -0.2) is 4.98 Å². The van der Waals surface area contributed by atoms with Gasteiger partial charge in [-0.3, -0.25) is 0 Å². The summed E-state index contributed by atoms with van der Waals surface area (Å²) in [4.78, 5) is 6.39. The summed E-state index contributed by atoms with van der Waals surface area (Å²) >= 11 is 1.91. The average molecular weight is 236 g/mol. The molecule has 3 rings (SSSR count). The van der Waals surface area contributed by atoms with Crippen LogP contribution in [0.15, 0.2) is 0 Å². The predicted octanol–water partition coefficient (Wildman–Crippen LogP) is 3.14. The summed E-state index contributed by atoms with van der Waals surface area (Å²) in [5, 5.41) is 1.23. The summed E-state index contributed by atoms with van der Waals surface area (Å²) in [6, 6.07) is 0. The summed E-state index contributed by atoms with van der Waals surface area (Å²) in [5.74, 6) is 0. The Hall–Kier alpha value is -0.410. The molecule has 0 aromatic carbocycles. The molecule has 0 atom stereocenters. The fraction of sp³-hybridized carbons (Fsp3) is 0.769. The van der Waals surface area contributed by atoms with Gasteiger partial charge in [-0.25, -0.2) is 4.98 Å². The Morgan fingerprint density at radius 3 is 2.56 bits per heavy atom. The van der Waals surface area contributed by atoms with Gasteiger partial charge in [0, 0.05) is 4.88 Å². The van der Waals surface area contributed by atoms with Crippen molar-refractivity contribution in [3.05, 3.63) is 15.6 Å². The molecule has 0 spiro atoms. The van der Waals surface area contributed by atoms with Crippen LogP contribution in [0.1, 0.15) is 60.5 Å². The zero-order chi connectivity index (χ0) is 11.0. The molecule has 1 fully saturated rings. The molecule has 3 heteroatoms. The molecule has 0 saturated heterocycles. The van der Waals surface area contributed by atoms with Crippen LogP contribution in [0.5, 0.6) is 0 Å². The molecule has 1 saturated carbocycles. The van der Waals surface area contributed by atoms with E-state index in [4.69, 9.17) is 10.7 Å². The summed E-state index contributed by atoms with van der Waals surface area (Å²) < 4.78 is 0. The lowest BCUT2D eigenvalue weighted by molar-refractivity contribution is 0.457. The summed E-state index contributed by atoms with van der Waals surface area (Å²) in [6.07, 6.45) is 11.3. The molecule has 1 heterocycles. The van der Waals surface area contributed by atoms with E-state index in [1.807, 2.05) is 11.3 Å². The lowest BCUT2D eigenvalue weighted by Crippen LogP contribution is -2.32. The minimum Gasteiger partial charge on any atom is -0.319 e. The van der Waals surface area contributed by atoms with E-state index in [0.717, 1.165) is 12.8 Å². The third kappa shape index (κ3) is 1.80. The number of rotatable bonds is 1. The van der Waals surface area contributed by atoms with Gasteiger partial charge in [-0.05, 0) is 38.5 Å². The van der Waals surface area contributed by atoms with Crippen molar-refractivity contribution in [2.24, 2.45) is 5.73 Å². The van der Waals surface area contributed by atoms with E-state index in [9.17, 15) is 0 Å². The van der Waals surface area contributed by atoms with Crippen LogP contribution in [0.4, 0.5) is 0 Å². The predicted molar refractivity (Wildman–Crippen MR) is 67.7 cm³/mol. The van der Waals surface area contributed by atoms with Crippen molar-refractivity contribution >= 4 is 11.3 Å². The van der Waals surface area contributed by atoms with Gasteiger partial charge in [0.15, 0.2) is 0 Å². The van der Waals surface area contributed by atoms with Crippen molar-refractivity contribution in [1.29, 1.82) is 0 Å². The lowest BCUT2D eigenvalue weighted by atomic mass is 10.0. The first-order chi connectivity index (χ1) is 7.78. The first-order valence-corrected chi connectivity index (χ1v) is 7.37. The SMILES string of the molecule is NC1(c2nc3c(s2)CCCCC3)CCCC1. The monoisotopic (exact) mass is 236 g/mol. The molecule has 2 nitrogen and oxygen atoms in total. The number of thiazole rings is 1. The fourth-order valence-corrected chi connectivity index (χ4v) is 4.27. The highest BCUT2D eigenvalue weighted by atomic mass is 32.1. The van der Waals surface area contributed by atoms with Gasteiger partial charge in [-0.1, -0.05) is 19.3 Å². The zero-order valence-corrected chi connectivity index (χ0v) is 10.6. The van der Waals surface area contributed by atoms with Gasteiger partial charge in [0.25, 0.3) is 0 Å². The number of nitrogens with zero attached hydrogens (tertiary/aromatic N) is 1. The number of hydrogen-bond acceptors (Lipinski definition) is 3. The number of aryl methyl sites for hydroxylation is 2. The van der Waals surface area contributed by atoms with Gasteiger partial charge >= 0.3 is 0 Å². The van der Waals surface area contributed by atoms with E-state index in [1.165, 1.54) is 60.5 Å². The quantitative estimate of drug-likeness (QED) is 0.761. The molecule has 1 aromatic rings. The third-order valence-electron chi connectivity index (χ3n) is 4.02. The molecule has 0 radical (unpaired) electrons. The standard InChI is InChI=1S/C13H20N2S/c14-13(8-4-5-9-13)12-15-10-6-2-1-3-7-11(10)16-12/h1-9,14H2. The maximum Gasteiger partial charge on any atom is 0.113 e. The van der Waals surface area contributed by atoms with Gasteiger partial charge in [-0.2, -0.15) is 0 Å². The normalized spacial score (nSPS) is 24.1. The second kappa shape index (κ2) is 4.11. The highest BCUT2D eigenvalue weighted by Gasteiger charge is 2.35. The molecule has 0 aliphatic heterocycles. The van der Waals surface area contributed by atoms with Gasteiger partial charge in [0.1, 0.15) is 5.01 Å². The molecule has 1 aromatic heterocycles. The topological polar surface area (TPSA) is 38.9 Å². The molecule has 16 heavy (non-hydrogen) atoms. The molecular weight excluding hydrogens is 216 g/mol. The minimum atomic E-state index is -0.0726. The molecule has 2 aliphatic rings. The van der Waals surface area contributed by atoms with E-state index >= 15 is 0 Å². The number of hydrogen-bond donors (Lipinski definition) is 1. The minimum absolute atomic E-state index is 0.0726. The van der Waals surface area contributed by atoms with Crippen molar-refractivity contribution in [3.63, 3.8) is 0 Å². The Morgan fingerprint density at radius 2 is 1.75 bits per heavy atom. The van der Waals surface area contributed by atoms with E-state index < -0.39 is 0 Å². The molecule has 88 valence electrons. The molecule has 0 unspecified atom stereocenters. The molecule has 2 N–H and O–H groups in total. The Labute approximate surface area is 101 Å². The van der Waals surface area contributed by atoms with Crippen LogP contribution in [0.3, 0.4) is 0 Å². The van der Waals surface area contributed by atoms with Crippen LogP contribution >= 0.6 is 11.3 Å².